The molecule has 1 heterocycles. The SMILES string of the molecule is COc1cc(C)c(C(=O)Oc2cc(C)c(O)c(C(=O)O)c2C)c(O)c1C=O.O=c1cc(-c2ccccc2)oc2cc(O)cc(O)c12. The lowest BCUT2D eigenvalue weighted by Gasteiger charge is -2.16. The Morgan fingerprint density at radius 2 is 1.48 bits per heavy atom. The van der Waals surface area contributed by atoms with Crippen LogP contribution in [-0.2, 0) is 0 Å². The highest BCUT2D eigenvalue weighted by atomic mass is 16.5. The maximum Gasteiger partial charge on any atom is 0.347 e. The molecular weight excluding hydrogens is 600 g/mol. The highest BCUT2D eigenvalue weighted by Crippen LogP contribution is 2.36. The van der Waals surface area contributed by atoms with E-state index in [0.29, 0.717) is 17.6 Å². The number of carboxylic acid groups (broad SMARTS) is 1. The molecule has 236 valence electrons. The number of esters is 1. The highest BCUT2D eigenvalue weighted by molar-refractivity contribution is 6.01. The van der Waals surface area contributed by atoms with E-state index in [9.17, 15) is 44.7 Å². The largest absolute Gasteiger partial charge is 0.508 e. The molecule has 5 rings (SSSR count). The number of carboxylic acids is 1. The van der Waals surface area contributed by atoms with Crippen molar-refractivity contribution >= 4 is 29.2 Å². The van der Waals surface area contributed by atoms with E-state index in [4.69, 9.17) is 13.9 Å². The number of phenolic OH excluding ortho intramolecular Hbond substituents is 3. The summed E-state index contributed by atoms with van der Waals surface area (Å²) >= 11 is 0. The molecule has 4 aromatic carbocycles. The molecule has 1 aromatic heterocycles. The van der Waals surface area contributed by atoms with Gasteiger partial charge in [0.1, 0.15) is 62.4 Å². The normalized spacial score (nSPS) is 10.5. The fourth-order valence-electron chi connectivity index (χ4n) is 4.71. The van der Waals surface area contributed by atoms with Crippen molar-refractivity contribution < 1.29 is 53.8 Å². The maximum atomic E-state index is 12.6. The number of ether oxygens (including phenoxy) is 2. The molecule has 0 amide bonds. The molecule has 0 saturated heterocycles. The lowest BCUT2D eigenvalue weighted by Crippen LogP contribution is -2.14. The molecule has 5 aromatic rings. The highest BCUT2D eigenvalue weighted by Gasteiger charge is 2.26. The number of carbonyl (C=O) groups is 3. The molecule has 0 fully saturated rings. The molecule has 0 bridgehead atoms. The summed E-state index contributed by atoms with van der Waals surface area (Å²) in [5.74, 6) is -3.43. The monoisotopic (exact) mass is 628 g/mol. The zero-order valence-electron chi connectivity index (χ0n) is 24.9. The second kappa shape index (κ2) is 13.1. The van der Waals surface area contributed by atoms with Crippen LogP contribution in [0.4, 0.5) is 0 Å². The number of rotatable bonds is 6. The summed E-state index contributed by atoms with van der Waals surface area (Å²) in [5.41, 5.74) is 0.254. The minimum Gasteiger partial charge on any atom is -0.508 e. The van der Waals surface area contributed by atoms with E-state index in [-0.39, 0.29) is 67.2 Å². The number of hydrogen-bond acceptors (Lipinski definition) is 11. The van der Waals surface area contributed by atoms with Gasteiger partial charge in [-0.3, -0.25) is 9.59 Å². The van der Waals surface area contributed by atoms with E-state index in [1.807, 2.05) is 30.3 Å². The Morgan fingerprint density at radius 3 is 2.09 bits per heavy atom. The average molecular weight is 629 g/mol. The van der Waals surface area contributed by atoms with Gasteiger partial charge in [-0.15, -0.1) is 0 Å². The van der Waals surface area contributed by atoms with Crippen LogP contribution in [0.2, 0.25) is 0 Å². The first-order valence-electron chi connectivity index (χ1n) is 13.5. The van der Waals surface area contributed by atoms with Crippen molar-refractivity contribution in [2.24, 2.45) is 0 Å². The Hall–Kier alpha value is -6.30. The van der Waals surface area contributed by atoms with E-state index in [1.54, 1.807) is 0 Å². The van der Waals surface area contributed by atoms with Gasteiger partial charge in [-0.2, -0.15) is 0 Å². The molecule has 0 aliphatic carbocycles. The van der Waals surface area contributed by atoms with Gasteiger partial charge in [0.05, 0.1) is 12.7 Å². The molecule has 0 aliphatic rings. The zero-order chi connectivity index (χ0) is 33.9. The Morgan fingerprint density at radius 1 is 0.826 bits per heavy atom. The van der Waals surface area contributed by atoms with E-state index in [1.165, 1.54) is 52.1 Å². The zero-order valence-corrected chi connectivity index (χ0v) is 24.9. The molecule has 0 spiro atoms. The minimum atomic E-state index is -1.38. The summed E-state index contributed by atoms with van der Waals surface area (Å²) in [5, 5.41) is 48.7. The van der Waals surface area contributed by atoms with Crippen molar-refractivity contribution in [1.82, 2.24) is 0 Å². The van der Waals surface area contributed by atoms with Crippen LogP contribution in [0.25, 0.3) is 22.3 Å². The van der Waals surface area contributed by atoms with Gasteiger partial charge in [0, 0.05) is 29.3 Å². The summed E-state index contributed by atoms with van der Waals surface area (Å²) in [4.78, 5) is 47.2. The fraction of sp³-hybridized carbons (Fsp3) is 0.118. The molecule has 12 nitrogen and oxygen atoms in total. The number of aryl methyl sites for hydroxylation is 2. The standard InChI is InChI=1S/C19H18O8.C15H10O4/c1-8-5-13(26-4)11(7-20)17(22)14(8)19(25)27-12-6-9(2)16(21)15(10(12)3)18(23)24;16-10-6-11(17)15-12(18)8-13(19-14(15)7-10)9-4-2-1-3-5-9/h5-7,21-22H,1-4H3,(H,23,24);1-8,16-17H. The Bertz CT molecular complexity index is 2060. The first-order valence-corrected chi connectivity index (χ1v) is 13.5. The lowest BCUT2D eigenvalue weighted by molar-refractivity contribution is 0.0681. The van der Waals surface area contributed by atoms with Gasteiger partial charge in [-0.1, -0.05) is 30.3 Å². The molecule has 0 unspecified atom stereocenters. The van der Waals surface area contributed by atoms with Gasteiger partial charge in [0.25, 0.3) is 0 Å². The topological polar surface area (TPSA) is 201 Å². The molecule has 5 N–H and O–H groups in total. The van der Waals surface area contributed by atoms with E-state index in [2.05, 4.69) is 0 Å². The third-order valence-electron chi connectivity index (χ3n) is 7.01. The van der Waals surface area contributed by atoms with Gasteiger partial charge < -0.3 is 39.4 Å². The van der Waals surface area contributed by atoms with Gasteiger partial charge >= 0.3 is 11.9 Å². The van der Waals surface area contributed by atoms with Crippen molar-refractivity contribution in [3.05, 3.63) is 104 Å². The minimum absolute atomic E-state index is 0.0419. The molecular formula is C34H28O12. The molecule has 12 heteroatoms. The number of aldehydes is 1. The molecule has 0 saturated carbocycles. The fourth-order valence-corrected chi connectivity index (χ4v) is 4.71. The number of fused-ring (bicyclic) bond motifs is 1. The van der Waals surface area contributed by atoms with Gasteiger partial charge in [0.2, 0.25) is 0 Å². The third kappa shape index (κ3) is 6.31. The number of aromatic hydroxyl groups is 4. The predicted molar refractivity (Wildman–Crippen MR) is 166 cm³/mol. The van der Waals surface area contributed by atoms with Crippen LogP contribution in [0.1, 0.15) is 47.8 Å². The quantitative estimate of drug-likeness (QED) is 0.0882. The Balaban J connectivity index is 0.000000221. The first kappa shape index (κ1) is 32.6. The second-order valence-corrected chi connectivity index (χ2v) is 10.1. The average Bonchev–Trinajstić information content (AvgIpc) is 2.99. The molecule has 0 aliphatic heterocycles. The van der Waals surface area contributed by atoms with Crippen LogP contribution in [-0.4, -0.2) is 50.9 Å². The smallest absolute Gasteiger partial charge is 0.347 e. The number of carbonyl (C=O) groups excluding carboxylic acids is 2. The Labute approximate surface area is 260 Å². The van der Waals surface area contributed by atoms with Crippen molar-refractivity contribution in [1.29, 1.82) is 0 Å². The summed E-state index contributed by atoms with van der Waals surface area (Å²) in [6.07, 6.45) is 0.350. The van der Waals surface area contributed by atoms with Crippen LogP contribution in [0, 0.1) is 20.8 Å². The number of phenols is 4. The van der Waals surface area contributed by atoms with E-state index >= 15 is 0 Å². The summed E-state index contributed by atoms with van der Waals surface area (Å²) < 4.78 is 15.8. The third-order valence-corrected chi connectivity index (χ3v) is 7.01. The summed E-state index contributed by atoms with van der Waals surface area (Å²) in [6, 6.07) is 15.6. The summed E-state index contributed by atoms with van der Waals surface area (Å²) in [7, 11) is 1.31. The number of benzene rings is 4. The van der Waals surface area contributed by atoms with E-state index < -0.39 is 23.4 Å². The predicted octanol–water partition coefficient (Wildman–Crippen LogP) is 5.63. The molecule has 46 heavy (non-hydrogen) atoms. The van der Waals surface area contributed by atoms with Crippen LogP contribution in [0.5, 0.6) is 34.5 Å². The van der Waals surface area contributed by atoms with Crippen LogP contribution in [0.15, 0.2) is 69.9 Å². The van der Waals surface area contributed by atoms with Crippen molar-refractivity contribution in [3.63, 3.8) is 0 Å². The van der Waals surface area contributed by atoms with Crippen LogP contribution >= 0.6 is 0 Å². The lowest BCUT2D eigenvalue weighted by atomic mass is 10.0. The second-order valence-electron chi connectivity index (χ2n) is 10.1. The Kier molecular flexibility index (Phi) is 9.32. The number of methoxy groups -OCH3 is 1. The van der Waals surface area contributed by atoms with Crippen molar-refractivity contribution in [2.75, 3.05) is 7.11 Å². The first-order chi connectivity index (χ1) is 21.8. The van der Waals surface area contributed by atoms with Crippen LogP contribution < -0.4 is 14.9 Å². The van der Waals surface area contributed by atoms with Gasteiger partial charge in [-0.05, 0) is 44.0 Å². The van der Waals surface area contributed by atoms with Gasteiger partial charge in [0.15, 0.2) is 11.7 Å². The number of hydrogen-bond donors (Lipinski definition) is 5. The summed E-state index contributed by atoms with van der Waals surface area (Å²) in [6.45, 7) is 4.35. The van der Waals surface area contributed by atoms with E-state index in [0.717, 1.165) is 11.6 Å². The van der Waals surface area contributed by atoms with Crippen LogP contribution in [0.3, 0.4) is 0 Å². The molecule has 0 atom stereocenters. The maximum absolute atomic E-state index is 12.6. The van der Waals surface area contributed by atoms with Gasteiger partial charge in [-0.25, -0.2) is 9.59 Å². The van der Waals surface area contributed by atoms with Crippen molar-refractivity contribution in [3.8, 4) is 45.8 Å². The number of aromatic carboxylic acids is 1. The molecule has 0 radical (unpaired) electrons. The van der Waals surface area contributed by atoms with Crippen molar-refractivity contribution in [2.45, 2.75) is 20.8 Å².